The molecule has 1 nitrogen and oxygen atoms in total. The van der Waals surface area contributed by atoms with Crippen molar-refractivity contribution < 1.29 is 0 Å². The van der Waals surface area contributed by atoms with Crippen molar-refractivity contribution in [3.05, 3.63) is 69.7 Å². The molecule has 0 bridgehead atoms. The van der Waals surface area contributed by atoms with E-state index in [2.05, 4.69) is 57.3 Å². The summed E-state index contributed by atoms with van der Waals surface area (Å²) >= 11 is 6.06. The maximum absolute atomic E-state index is 6.06. The Bertz CT molecular complexity index is 592. The molecule has 0 aromatic heterocycles. The Balaban J connectivity index is 2.15. The van der Waals surface area contributed by atoms with E-state index in [0.29, 0.717) is 6.04 Å². The van der Waals surface area contributed by atoms with Crippen LogP contribution in [0.5, 0.6) is 0 Å². The zero-order valence-electron chi connectivity index (χ0n) is 12.6. The van der Waals surface area contributed by atoms with Crippen LogP contribution in [-0.4, -0.2) is 0 Å². The van der Waals surface area contributed by atoms with Crippen LogP contribution in [0.4, 0.5) is 0 Å². The molecule has 1 unspecified atom stereocenters. The van der Waals surface area contributed by atoms with Gasteiger partial charge in [-0.05, 0) is 56.5 Å². The van der Waals surface area contributed by atoms with E-state index in [9.17, 15) is 0 Å². The van der Waals surface area contributed by atoms with Crippen LogP contribution in [-0.2, 0) is 0 Å². The zero-order valence-corrected chi connectivity index (χ0v) is 13.3. The van der Waals surface area contributed by atoms with Crippen molar-refractivity contribution in [3.8, 4) is 0 Å². The van der Waals surface area contributed by atoms with Crippen molar-refractivity contribution in [2.45, 2.75) is 39.8 Å². The van der Waals surface area contributed by atoms with Crippen molar-refractivity contribution in [3.63, 3.8) is 0 Å². The van der Waals surface area contributed by atoms with E-state index in [1.165, 1.54) is 22.3 Å². The van der Waals surface area contributed by atoms with Crippen molar-refractivity contribution in [2.75, 3.05) is 0 Å². The minimum absolute atomic E-state index is 0.267. The van der Waals surface area contributed by atoms with Gasteiger partial charge in [0.05, 0.1) is 0 Å². The molecule has 0 spiro atoms. The van der Waals surface area contributed by atoms with Crippen LogP contribution < -0.4 is 5.32 Å². The lowest BCUT2D eigenvalue weighted by molar-refractivity contribution is 0.493. The molecule has 20 heavy (non-hydrogen) atoms. The minimum atomic E-state index is 0.267. The number of benzene rings is 2. The molecule has 2 heteroatoms. The molecule has 0 aliphatic rings. The molecule has 0 fully saturated rings. The number of nitrogens with one attached hydrogen (secondary N) is 1. The van der Waals surface area contributed by atoms with Crippen molar-refractivity contribution in [2.24, 2.45) is 0 Å². The molecule has 0 radical (unpaired) electrons. The number of halogens is 1. The summed E-state index contributed by atoms with van der Waals surface area (Å²) in [6.45, 7) is 8.68. The van der Waals surface area contributed by atoms with Crippen LogP contribution in [0.25, 0.3) is 0 Å². The topological polar surface area (TPSA) is 12.0 Å². The van der Waals surface area contributed by atoms with Crippen LogP contribution in [0.3, 0.4) is 0 Å². The molecule has 2 aromatic rings. The van der Waals surface area contributed by atoms with Gasteiger partial charge in [0.1, 0.15) is 0 Å². The van der Waals surface area contributed by atoms with E-state index in [4.69, 9.17) is 11.6 Å². The first-order valence-electron chi connectivity index (χ1n) is 7.06. The van der Waals surface area contributed by atoms with Crippen LogP contribution in [0.15, 0.2) is 42.5 Å². The van der Waals surface area contributed by atoms with E-state index in [1.54, 1.807) is 0 Å². The molecule has 0 heterocycles. The summed E-state index contributed by atoms with van der Waals surface area (Å²) in [5.74, 6) is 0. The molecule has 2 aromatic carbocycles. The van der Waals surface area contributed by atoms with Gasteiger partial charge in [0.25, 0.3) is 0 Å². The molecular weight excluding hydrogens is 266 g/mol. The largest absolute Gasteiger partial charge is 0.304 e. The lowest BCUT2D eigenvalue weighted by atomic mass is 9.98. The summed E-state index contributed by atoms with van der Waals surface area (Å²) in [6, 6.07) is 15.2. The normalized spacial score (nSPS) is 14.1. The Kier molecular flexibility index (Phi) is 4.85. The van der Waals surface area contributed by atoms with E-state index >= 15 is 0 Å². The molecule has 0 aliphatic heterocycles. The Morgan fingerprint density at radius 2 is 1.70 bits per heavy atom. The molecule has 0 saturated heterocycles. The van der Waals surface area contributed by atoms with Gasteiger partial charge in [0.15, 0.2) is 0 Å². The van der Waals surface area contributed by atoms with E-state index in [-0.39, 0.29) is 6.04 Å². The summed E-state index contributed by atoms with van der Waals surface area (Å²) in [4.78, 5) is 0. The fraction of sp³-hybridized carbons (Fsp3) is 0.333. The standard InChI is InChI=1S/C18H22ClN/c1-12-8-9-13(2)18(10-12)15(4)20-14(3)16-6-5-7-17(19)11-16/h5-11,14-15,20H,1-4H3/t14-,15?/m1/s1. The second kappa shape index (κ2) is 6.43. The summed E-state index contributed by atoms with van der Waals surface area (Å²) in [6.07, 6.45) is 0. The van der Waals surface area contributed by atoms with Gasteiger partial charge in [-0.15, -0.1) is 0 Å². The molecule has 106 valence electrons. The quantitative estimate of drug-likeness (QED) is 0.797. The number of hydrogen-bond acceptors (Lipinski definition) is 1. The van der Waals surface area contributed by atoms with Crippen LogP contribution in [0.2, 0.25) is 5.02 Å². The molecule has 1 N–H and O–H groups in total. The lowest BCUT2D eigenvalue weighted by Crippen LogP contribution is -2.23. The van der Waals surface area contributed by atoms with Gasteiger partial charge in [-0.1, -0.05) is 47.5 Å². The molecule has 2 atom stereocenters. The number of hydrogen-bond donors (Lipinski definition) is 1. The third kappa shape index (κ3) is 3.62. The third-order valence-electron chi connectivity index (χ3n) is 3.75. The van der Waals surface area contributed by atoms with Gasteiger partial charge in [0, 0.05) is 17.1 Å². The second-order valence-electron chi connectivity index (χ2n) is 5.53. The zero-order chi connectivity index (χ0) is 14.7. The van der Waals surface area contributed by atoms with Gasteiger partial charge in [0.2, 0.25) is 0 Å². The summed E-state index contributed by atoms with van der Waals surface area (Å²) in [5.41, 5.74) is 5.21. The smallest absolute Gasteiger partial charge is 0.0409 e. The Morgan fingerprint density at radius 1 is 0.950 bits per heavy atom. The SMILES string of the molecule is Cc1ccc(C)c(C(C)N[C@H](C)c2cccc(Cl)c2)c1. The third-order valence-corrected chi connectivity index (χ3v) is 3.99. The highest BCUT2D eigenvalue weighted by molar-refractivity contribution is 6.30. The predicted octanol–water partition coefficient (Wildman–Crippen LogP) is 5.37. The highest BCUT2D eigenvalue weighted by atomic mass is 35.5. The lowest BCUT2D eigenvalue weighted by Gasteiger charge is -2.22. The van der Waals surface area contributed by atoms with Crippen molar-refractivity contribution in [1.29, 1.82) is 0 Å². The molecule has 2 rings (SSSR count). The molecule has 0 saturated carbocycles. The Labute approximate surface area is 127 Å². The highest BCUT2D eigenvalue weighted by Gasteiger charge is 2.13. The number of rotatable bonds is 4. The summed E-state index contributed by atoms with van der Waals surface area (Å²) in [7, 11) is 0. The van der Waals surface area contributed by atoms with Crippen molar-refractivity contribution in [1.82, 2.24) is 5.32 Å². The van der Waals surface area contributed by atoms with Gasteiger partial charge in [-0.3, -0.25) is 0 Å². The molecule has 0 amide bonds. The van der Waals surface area contributed by atoms with Crippen molar-refractivity contribution >= 4 is 11.6 Å². The average molecular weight is 288 g/mol. The van der Waals surface area contributed by atoms with E-state index < -0.39 is 0 Å². The van der Waals surface area contributed by atoms with Gasteiger partial charge < -0.3 is 5.32 Å². The van der Waals surface area contributed by atoms with Crippen LogP contribution >= 0.6 is 11.6 Å². The fourth-order valence-electron chi connectivity index (χ4n) is 2.56. The molecule has 0 aliphatic carbocycles. The summed E-state index contributed by atoms with van der Waals surface area (Å²) in [5, 5.41) is 4.44. The van der Waals surface area contributed by atoms with E-state index in [1.807, 2.05) is 18.2 Å². The van der Waals surface area contributed by atoms with Crippen LogP contribution in [0.1, 0.15) is 48.2 Å². The van der Waals surface area contributed by atoms with Gasteiger partial charge in [-0.25, -0.2) is 0 Å². The first kappa shape index (κ1) is 15.1. The van der Waals surface area contributed by atoms with Crippen LogP contribution in [0, 0.1) is 13.8 Å². The fourth-order valence-corrected chi connectivity index (χ4v) is 2.76. The minimum Gasteiger partial charge on any atom is -0.304 e. The Morgan fingerprint density at radius 3 is 2.40 bits per heavy atom. The summed E-state index contributed by atoms with van der Waals surface area (Å²) < 4.78 is 0. The average Bonchev–Trinajstić information content (AvgIpc) is 2.41. The predicted molar refractivity (Wildman–Crippen MR) is 87.3 cm³/mol. The monoisotopic (exact) mass is 287 g/mol. The molecular formula is C18H22ClN. The Hall–Kier alpha value is -1.31. The first-order valence-corrected chi connectivity index (χ1v) is 7.44. The van der Waals surface area contributed by atoms with E-state index in [0.717, 1.165) is 5.02 Å². The van der Waals surface area contributed by atoms with Gasteiger partial charge in [-0.2, -0.15) is 0 Å². The second-order valence-corrected chi connectivity index (χ2v) is 5.96. The van der Waals surface area contributed by atoms with Gasteiger partial charge >= 0.3 is 0 Å². The maximum atomic E-state index is 6.06. The first-order chi connectivity index (χ1) is 9.47. The highest BCUT2D eigenvalue weighted by Crippen LogP contribution is 2.24. The maximum Gasteiger partial charge on any atom is 0.0409 e. The number of aryl methyl sites for hydroxylation is 2.